The predicted molar refractivity (Wildman–Crippen MR) is 121 cm³/mol. The minimum absolute atomic E-state index is 0.106. The highest BCUT2D eigenvalue weighted by Crippen LogP contribution is 2.22. The van der Waals surface area contributed by atoms with Crippen LogP contribution < -0.4 is 16.2 Å². The second-order valence-electron chi connectivity index (χ2n) is 5.88. The maximum Gasteiger partial charge on any atom is 0.269 e. The van der Waals surface area contributed by atoms with Crippen LogP contribution in [0.4, 0.5) is 5.69 Å². The molecule has 0 atom stereocenters. The SMILES string of the molecule is Cc1nnc(SCC(=O)NNC(=O)c2ccc(NC(=O)CSc3nnc(C)s3)cc2)s1. The lowest BCUT2D eigenvalue weighted by atomic mass is 10.2. The highest BCUT2D eigenvalue weighted by Gasteiger charge is 2.11. The quantitative estimate of drug-likeness (QED) is 0.317. The van der Waals surface area contributed by atoms with Crippen molar-refractivity contribution in [3.63, 3.8) is 0 Å². The van der Waals surface area contributed by atoms with Gasteiger partial charge in [0, 0.05) is 11.3 Å². The molecule has 162 valence electrons. The van der Waals surface area contributed by atoms with Crippen LogP contribution in [0.25, 0.3) is 0 Å². The first-order valence-corrected chi connectivity index (χ1v) is 12.3. The molecule has 0 aliphatic carbocycles. The fourth-order valence-corrected chi connectivity index (χ4v) is 5.30. The van der Waals surface area contributed by atoms with Gasteiger partial charge in [-0.15, -0.1) is 20.4 Å². The number of anilines is 1. The summed E-state index contributed by atoms with van der Waals surface area (Å²) in [7, 11) is 0. The summed E-state index contributed by atoms with van der Waals surface area (Å²) in [5, 5.41) is 20.1. The number of carbonyl (C=O) groups is 3. The van der Waals surface area contributed by atoms with Crippen LogP contribution in [-0.4, -0.2) is 49.6 Å². The van der Waals surface area contributed by atoms with E-state index in [0.29, 0.717) is 15.6 Å². The van der Waals surface area contributed by atoms with Crippen molar-refractivity contribution in [2.24, 2.45) is 0 Å². The monoisotopic (exact) mass is 495 g/mol. The Labute approximate surface area is 194 Å². The lowest BCUT2D eigenvalue weighted by molar-refractivity contribution is -0.119. The van der Waals surface area contributed by atoms with E-state index in [-0.39, 0.29) is 23.3 Å². The third kappa shape index (κ3) is 7.57. The molecule has 2 aromatic heterocycles. The molecule has 0 aliphatic rings. The van der Waals surface area contributed by atoms with E-state index < -0.39 is 5.91 Å². The first-order valence-electron chi connectivity index (χ1n) is 8.74. The molecule has 0 saturated heterocycles. The number of carbonyl (C=O) groups excluding carboxylic acids is 3. The number of rotatable bonds is 8. The highest BCUT2D eigenvalue weighted by atomic mass is 32.2. The molecule has 3 rings (SSSR count). The molecule has 14 heteroatoms. The highest BCUT2D eigenvalue weighted by molar-refractivity contribution is 8.01. The number of aromatic nitrogens is 4. The van der Waals surface area contributed by atoms with E-state index >= 15 is 0 Å². The van der Waals surface area contributed by atoms with Crippen molar-refractivity contribution in [1.82, 2.24) is 31.2 Å². The maximum absolute atomic E-state index is 12.2. The van der Waals surface area contributed by atoms with Crippen molar-refractivity contribution < 1.29 is 14.4 Å². The van der Waals surface area contributed by atoms with Crippen molar-refractivity contribution in [2.45, 2.75) is 22.5 Å². The molecule has 0 radical (unpaired) electrons. The fourth-order valence-electron chi connectivity index (χ4n) is 2.06. The number of nitrogens with zero attached hydrogens (tertiary/aromatic N) is 4. The summed E-state index contributed by atoms with van der Waals surface area (Å²) in [6, 6.07) is 6.33. The molecule has 3 amide bonds. The Morgan fingerprint density at radius 1 is 0.806 bits per heavy atom. The molecule has 31 heavy (non-hydrogen) atoms. The Hall–Kier alpha value is -2.55. The minimum Gasteiger partial charge on any atom is -0.325 e. The molecule has 3 aromatic rings. The Kier molecular flexibility index (Phi) is 8.34. The van der Waals surface area contributed by atoms with E-state index in [4.69, 9.17) is 0 Å². The molecule has 2 heterocycles. The second kappa shape index (κ2) is 11.2. The Morgan fingerprint density at radius 2 is 1.35 bits per heavy atom. The van der Waals surface area contributed by atoms with E-state index in [2.05, 4.69) is 36.6 Å². The third-order valence-corrected chi connectivity index (χ3v) is 7.36. The summed E-state index contributed by atoms with van der Waals surface area (Å²) in [6.45, 7) is 3.68. The van der Waals surface area contributed by atoms with Crippen molar-refractivity contribution >= 4 is 69.6 Å². The molecule has 1 aromatic carbocycles. The van der Waals surface area contributed by atoms with Crippen LogP contribution in [0.2, 0.25) is 0 Å². The zero-order chi connectivity index (χ0) is 22.2. The molecule has 0 fully saturated rings. The van der Waals surface area contributed by atoms with Gasteiger partial charge >= 0.3 is 0 Å². The molecular formula is C17H17N7O3S4. The summed E-state index contributed by atoms with van der Waals surface area (Å²) < 4.78 is 1.42. The number of hydrazine groups is 1. The Balaban J connectivity index is 1.39. The van der Waals surface area contributed by atoms with Crippen LogP contribution in [0.1, 0.15) is 20.4 Å². The van der Waals surface area contributed by atoms with Crippen molar-refractivity contribution in [1.29, 1.82) is 0 Å². The largest absolute Gasteiger partial charge is 0.325 e. The van der Waals surface area contributed by atoms with Crippen LogP contribution in [0.5, 0.6) is 0 Å². The maximum atomic E-state index is 12.2. The summed E-state index contributed by atoms with van der Waals surface area (Å²) in [5.74, 6) is -0.708. The average Bonchev–Trinajstić information content (AvgIpc) is 3.37. The van der Waals surface area contributed by atoms with Crippen LogP contribution in [0.3, 0.4) is 0 Å². The van der Waals surface area contributed by atoms with Gasteiger partial charge in [-0.05, 0) is 38.1 Å². The van der Waals surface area contributed by atoms with Crippen LogP contribution in [0, 0.1) is 13.8 Å². The van der Waals surface area contributed by atoms with Gasteiger partial charge in [-0.2, -0.15) is 0 Å². The first-order chi connectivity index (χ1) is 14.9. The van der Waals surface area contributed by atoms with E-state index in [1.54, 1.807) is 24.3 Å². The van der Waals surface area contributed by atoms with E-state index in [0.717, 1.165) is 14.4 Å². The van der Waals surface area contributed by atoms with Crippen molar-refractivity contribution in [2.75, 3.05) is 16.8 Å². The topological polar surface area (TPSA) is 139 Å². The number of aryl methyl sites for hydroxylation is 2. The molecule has 0 saturated carbocycles. The predicted octanol–water partition coefficient (Wildman–Crippen LogP) is 2.29. The summed E-state index contributed by atoms with van der Waals surface area (Å²) in [6.07, 6.45) is 0. The normalized spacial score (nSPS) is 10.5. The zero-order valence-electron chi connectivity index (χ0n) is 16.4. The standard InChI is InChI=1S/C17H17N7O3S4/c1-9-19-23-16(30-9)28-7-13(25)18-12-5-3-11(4-6-12)15(27)22-21-14(26)8-29-17-24-20-10(2)31-17/h3-6H,7-8H2,1-2H3,(H,18,25)(H,21,26)(H,22,27). The molecular weight excluding hydrogens is 479 g/mol. The van der Waals surface area contributed by atoms with Gasteiger partial charge in [-0.1, -0.05) is 46.2 Å². The van der Waals surface area contributed by atoms with Gasteiger partial charge in [0.2, 0.25) is 11.8 Å². The third-order valence-electron chi connectivity index (χ3n) is 3.41. The zero-order valence-corrected chi connectivity index (χ0v) is 19.6. The van der Waals surface area contributed by atoms with Gasteiger partial charge in [0.15, 0.2) is 8.68 Å². The van der Waals surface area contributed by atoms with Gasteiger partial charge in [0.25, 0.3) is 5.91 Å². The van der Waals surface area contributed by atoms with Gasteiger partial charge < -0.3 is 5.32 Å². The molecule has 0 aliphatic heterocycles. The Morgan fingerprint density at radius 3 is 1.87 bits per heavy atom. The molecule has 0 spiro atoms. The molecule has 3 N–H and O–H groups in total. The smallest absolute Gasteiger partial charge is 0.269 e. The van der Waals surface area contributed by atoms with Crippen LogP contribution >= 0.6 is 46.2 Å². The number of amides is 3. The summed E-state index contributed by atoms with van der Waals surface area (Å²) in [5.41, 5.74) is 5.60. The minimum atomic E-state index is -0.467. The number of hydrogen-bond donors (Lipinski definition) is 3. The average molecular weight is 496 g/mol. The van der Waals surface area contributed by atoms with Gasteiger partial charge in [0.1, 0.15) is 10.0 Å². The van der Waals surface area contributed by atoms with E-state index in [9.17, 15) is 14.4 Å². The fraction of sp³-hybridized carbons (Fsp3) is 0.235. The lowest BCUT2D eigenvalue weighted by Crippen LogP contribution is -2.42. The van der Waals surface area contributed by atoms with E-state index in [1.807, 2.05) is 13.8 Å². The van der Waals surface area contributed by atoms with Gasteiger partial charge in [-0.25, -0.2) is 0 Å². The van der Waals surface area contributed by atoms with Gasteiger partial charge in [-0.3, -0.25) is 25.2 Å². The molecule has 0 bridgehead atoms. The summed E-state index contributed by atoms with van der Waals surface area (Å²) in [4.78, 5) is 36.1. The van der Waals surface area contributed by atoms with Crippen LogP contribution in [-0.2, 0) is 9.59 Å². The second-order valence-corrected chi connectivity index (χ2v) is 10.7. The van der Waals surface area contributed by atoms with Crippen LogP contribution in [0.15, 0.2) is 32.9 Å². The first kappa shape index (κ1) is 23.1. The molecule has 10 nitrogen and oxygen atoms in total. The number of benzene rings is 1. The Bertz CT molecular complexity index is 1070. The lowest BCUT2D eigenvalue weighted by Gasteiger charge is -2.08. The summed E-state index contributed by atoms with van der Waals surface area (Å²) >= 11 is 5.38. The number of thioether (sulfide) groups is 2. The molecule has 0 unspecified atom stereocenters. The number of nitrogens with one attached hydrogen (secondary N) is 3. The number of hydrogen-bond acceptors (Lipinski definition) is 11. The van der Waals surface area contributed by atoms with Crippen molar-refractivity contribution in [3.05, 3.63) is 39.8 Å². The van der Waals surface area contributed by atoms with Crippen molar-refractivity contribution in [3.8, 4) is 0 Å². The van der Waals surface area contributed by atoms with Gasteiger partial charge in [0.05, 0.1) is 11.5 Å². The van der Waals surface area contributed by atoms with E-state index in [1.165, 1.54) is 46.2 Å².